The molecule has 0 aromatic heterocycles. The molecule has 0 bridgehead atoms. The Kier molecular flexibility index (Phi) is 6.90. The van der Waals surface area contributed by atoms with E-state index >= 15 is 0 Å². The van der Waals surface area contributed by atoms with Gasteiger partial charge >= 0.3 is 5.91 Å². The largest absolute Gasteiger partial charge is 0.497 e. The highest BCUT2D eigenvalue weighted by Crippen LogP contribution is 2.43. The van der Waals surface area contributed by atoms with Crippen molar-refractivity contribution in [2.75, 3.05) is 25.2 Å². The van der Waals surface area contributed by atoms with Crippen molar-refractivity contribution in [3.05, 3.63) is 58.1 Å². The minimum atomic E-state index is -0.523. The van der Waals surface area contributed by atoms with E-state index in [4.69, 9.17) is 27.9 Å². The minimum absolute atomic E-state index is 0.268. The number of hydrazone groups is 1. The number of ether oxygens (including phenoxy) is 1. The lowest BCUT2D eigenvalue weighted by Crippen LogP contribution is -2.50. The Hall–Kier alpha value is -2.32. The van der Waals surface area contributed by atoms with Crippen molar-refractivity contribution in [2.24, 2.45) is 11.0 Å². The fourth-order valence-corrected chi connectivity index (χ4v) is 4.76. The number of amides is 1. The molecule has 4 rings (SSSR count). The molecule has 2 aromatic rings. The monoisotopic (exact) mass is 476 g/mol. The number of anilines is 1. The van der Waals surface area contributed by atoms with Gasteiger partial charge in [0.25, 0.3) is 0 Å². The quantitative estimate of drug-likeness (QED) is 0.475. The van der Waals surface area contributed by atoms with E-state index in [1.807, 2.05) is 31.2 Å². The summed E-state index contributed by atoms with van der Waals surface area (Å²) in [6.45, 7) is 3.20. The minimum Gasteiger partial charge on any atom is -0.497 e. The molecule has 2 atom stereocenters. The number of halogens is 2. The summed E-state index contributed by atoms with van der Waals surface area (Å²) in [5.74, 6) is -0.0908. The summed E-state index contributed by atoms with van der Waals surface area (Å²) in [4.78, 5) is 13.3. The zero-order valence-corrected chi connectivity index (χ0v) is 19.6. The third-order valence-electron chi connectivity index (χ3n) is 6.00. The lowest BCUT2D eigenvalue weighted by molar-refractivity contribution is -0.235. The van der Waals surface area contributed by atoms with Gasteiger partial charge in [-0.2, -0.15) is 10.1 Å². The first-order chi connectivity index (χ1) is 15.4. The molecule has 0 radical (unpaired) electrons. The van der Waals surface area contributed by atoms with E-state index in [0.717, 1.165) is 35.7 Å². The van der Waals surface area contributed by atoms with Gasteiger partial charge < -0.3 is 4.74 Å². The van der Waals surface area contributed by atoms with Crippen LogP contribution in [0.1, 0.15) is 37.8 Å². The van der Waals surface area contributed by atoms with Crippen LogP contribution in [-0.2, 0) is 4.79 Å². The molecule has 2 heterocycles. The molecule has 0 unspecified atom stereocenters. The van der Waals surface area contributed by atoms with Crippen LogP contribution in [0.5, 0.6) is 5.75 Å². The molecule has 0 spiro atoms. The van der Waals surface area contributed by atoms with Crippen LogP contribution in [0.25, 0.3) is 0 Å². The number of benzene rings is 2. The van der Waals surface area contributed by atoms with Gasteiger partial charge in [0.1, 0.15) is 11.5 Å². The van der Waals surface area contributed by atoms with Crippen LogP contribution in [0.4, 0.5) is 5.69 Å². The van der Waals surface area contributed by atoms with E-state index in [1.165, 1.54) is 0 Å². The second-order valence-corrected chi connectivity index (χ2v) is 8.88. The van der Waals surface area contributed by atoms with Crippen molar-refractivity contribution in [1.82, 2.24) is 10.2 Å². The standard InChI is InChI=1S/C23H26Cl2N4O3/c1-15-21(23(30)29(31)27-12-4-3-5-13-27)26-28(20-11-8-17(24)14-19(20)25)22(15)16-6-9-18(32-2)10-7-16/h6-11,14-15,22,31H,3-5,12-13H2,1-2H3/t15-,22+/m0/s1. The van der Waals surface area contributed by atoms with E-state index in [9.17, 15) is 10.0 Å². The van der Waals surface area contributed by atoms with Gasteiger partial charge in [0.2, 0.25) is 0 Å². The summed E-state index contributed by atoms with van der Waals surface area (Å²) in [5.41, 5.74) is 1.84. The average molecular weight is 477 g/mol. The van der Waals surface area contributed by atoms with Gasteiger partial charge in [-0.3, -0.25) is 15.0 Å². The van der Waals surface area contributed by atoms with Crippen molar-refractivity contribution >= 4 is 40.5 Å². The molecule has 2 aromatic carbocycles. The maximum atomic E-state index is 13.3. The number of hydroxylamine groups is 1. The lowest BCUT2D eigenvalue weighted by Gasteiger charge is -2.32. The number of nitrogens with zero attached hydrogens (tertiary/aromatic N) is 4. The Morgan fingerprint density at radius 3 is 2.44 bits per heavy atom. The number of piperidine rings is 1. The zero-order valence-electron chi connectivity index (χ0n) is 18.0. The highest BCUT2D eigenvalue weighted by molar-refractivity contribution is 6.40. The Morgan fingerprint density at radius 2 is 1.81 bits per heavy atom. The Bertz CT molecular complexity index is 1010. The summed E-state index contributed by atoms with van der Waals surface area (Å²) in [6, 6.07) is 12.5. The second-order valence-electron chi connectivity index (χ2n) is 8.04. The second kappa shape index (κ2) is 9.67. The van der Waals surface area contributed by atoms with Gasteiger partial charge in [0, 0.05) is 24.0 Å². The summed E-state index contributed by atoms with van der Waals surface area (Å²) < 4.78 is 5.28. The van der Waals surface area contributed by atoms with Crippen LogP contribution in [-0.4, -0.2) is 47.2 Å². The molecule has 0 aliphatic carbocycles. The van der Waals surface area contributed by atoms with E-state index < -0.39 is 5.91 Å². The number of methoxy groups -OCH3 is 1. The highest BCUT2D eigenvalue weighted by Gasteiger charge is 2.42. The highest BCUT2D eigenvalue weighted by atomic mass is 35.5. The number of rotatable bonds is 5. The van der Waals surface area contributed by atoms with Crippen molar-refractivity contribution < 1.29 is 14.7 Å². The molecule has 2 aliphatic heterocycles. The Labute approximate surface area is 197 Å². The number of carbonyl (C=O) groups excluding carboxylic acids is 1. The number of hydrogen-bond donors (Lipinski definition) is 1. The molecule has 9 heteroatoms. The van der Waals surface area contributed by atoms with Crippen LogP contribution in [0.3, 0.4) is 0 Å². The first kappa shape index (κ1) is 22.9. The molecule has 0 saturated carbocycles. The third kappa shape index (κ3) is 4.43. The van der Waals surface area contributed by atoms with E-state index in [2.05, 4.69) is 5.10 Å². The predicted octanol–water partition coefficient (Wildman–Crippen LogP) is 5.17. The fraction of sp³-hybridized carbons (Fsp3) is 0.391. The van der Waals surface area contributed by atoms with Gasteiger partial charge in [0.15, 0.2) is 0 Å². The van der Waals surface area contributed by atoms with Gasteiger partial charge in [0.05, 0.1) is 23.9 Å². The summed E-state index contributed by atoms with van der Waals surface area (Å²) in [5, 5.41) is 20.4. The van der Waals surface area contributed by atoms with Gasteiger partial charge in [-0.1, -0.05) is 48.7 Å². The van der Waals surface area contributed by atoms with Gasteiger partial charge in [-0.15, -0.1) is 5.17 Å². The topological polar surface area (TPSA) is 68.6 Å². The van der Waals surface area contributed by atoms with Crippen molar-refractivity contribution in [1.29, 1.82) is 0 Å². The molecule has 170 valence electrons. The number of hydrazine groups is 1. The molecule has 1 amide bonds. The SMILES string of the molecule is COc1ccc([C@H]2[C@@H](C)C(C(=O)N(O)N3CCCCC3)=NN2c2ccc(Cl)cc2Cl)cc1. The predicted molar refractivity (Wildman–Crippen MR) is 125 cm³/mol. The average Bonchev–Trinajstić information content (AvgIpc) is 3.15. The van der Waals surface area contributed by atoms with Crippen molar-refractivity contribution in [2.45, 2.75) is 32.2 Å². The van der Waals surface area contributed by atoms with Crippen molar-refractivity contribution in [3.63, 3.8) is 0 Å². The summed E-state index contributed by atoms with van der Waals surface area (Å²) in [7, 11) is 1.61. The molecular weight excluding hydrogens is 451 g/mol. The maximum absolute atomic E-state index is 13.3. The van der Waals surface area contributed by atoms with E-state index in [0.29, 0.717) is 28.8 Å². The molecule has 2 aliphatic rings. The smallest absolute Gasteiger partial charge is 0.309 e. The van der Waals surface area contributed by atoms with Gasteiger partial charge in [-0.05, 0) is 48.7 Å². The number of carbonyl (C=O) groups is 1. The van der Waals surface area contributed by atoms with E-state index in [1.54, 1.807) is 35.3 Å². The maximum Gasteiger partial charge on any atom is 0.309 e. The van der Waals surface area contributed by atoms with Crippen molar-refractivity contribution in [3.8, 4) is 5.75 Å². The fourth-order valence-electron chi connectivity index (χ4n) is 4.27. The van der Waals surface area contributed by atoms with E-state index in [-0.39, 0.29) is 17.7 Å². The third-order valence-corrected chi connectivity index (χ3v) is 6.54. The molecule has 1 fully saturated rings. The first-order valence-corrected chi connectivity index (χ1v) is 11.4. The van der Waals surface area contributed by atoms with Crippen LogP contribution >= 0.6 is 23.2 Å². The lowest BCUT2D eigenvalue weighted by atomic mass is 9.91. The first-order valence-electron chi connectivity index (χ1n) is 10.7. The molecule has 7 nitrogen and oxygen atoms in total. The molecular formula is C23H26Cl2N4O3. The molecule has 1 saturated heterocycles. The molecule has 32 heavy (non-hydrogen) atoms. The normalized spacial score (nSPS) is 21.4. The molecule has 1 N–H and O–H groups in total. The Balaban J connectivity index is 1.71. The van der Waals surface area contributed by atoms with Crippen LogP contribution in [0, 0.1) is 5.92 Å². The van der Waals surface area contributed by atoms with Crippen LogP contribution < -0.4 is 9.75 Å². The summed E-state index contributed by atoms with van der Waals surface area (Å²) in [6.07, 6.45) is 2.97. The van der Waals surface area contributed by atoms with Crippen LogP contribution in [0.2, 0.25) is 10.0 Å². The Morgan fingerprint density at radius 1 is 1.12 bits per heavy atom. The van der Waals surface area contributed by atoms with Gasteiger partial charge in [-0.25, -0.2) is 0 Å². The zero-order chi connectivity index (χ0) is 22.8. The van der Waals surface area contributed by atoms with Crippen LogP contribution in [0.15, 0.2) is 47.6 Å². The summed E-state index contributed by atoms with van der Waals surface area (Å²) >= 11 is 12.6. The number of hydrogen-bond acceptors (Lipinski definition) is 6.